The summed E-state index contributed by atoms with van der Waals surface area (Å²) >= 11 is 0. The number of benzene rings is 2. The van der Waals surface area contributed by atoms with Crippen LogP contribution in [0.5, 0.6) is 0 Å². The molecule has 1 amide bonds. The monoisotopic (exact) mass is 431 g/mol. The standard InChI is InChI=1S/C25H25N3O4/c1-25(2,3)32-24(31)28-20(23(29)30)12-16-14-8-5-7-11-19(14)27-21(16)22(28)17-13-26-18-10-6-4-9-15(17)18/h4-11,13,20,22,26-27H,12H2,1-3H3,(H,29,30)/t20-,22+/m1/s1. The van der Waals surface area contributed by atoms with Gasteiger partial charge in [-0.05, 0) is 38.5 Å². The van der Waals surface area contributed by atoms with E-state index < -0.39 is 29.7 Å². The lowest BCUT2D eigenvalue weighted by atomic mass is 9.88. The number of hydrogen-bond acceptors (Lipinski definition) is 3. The van der Waals surface area contributed by atoms with Crippen LogP contribution in [0.2, 0.25) is 0 Å². The quantitative estimate of drug-likeness (QED) is 0.417. The first kappa shape index (κ1) is 20.2. The van der Waals surface area contributed by atoms with Crippen LogP contribution >= 0.6 is 0 Å². The third-order valence-electron chi connectivity index (χ3n) is 5.94. The first-order valence-corrected chi connectivity index (χ1v) is 10.6. The molecule has 0 radical (unpaired) electrons. The third kappa shape index (κ3) is 3.21. The fourth-order valence-electron chi connectivity index (χ4n) is 4.66. The van der Waals surface area contributed by atoms with Crippen LogP contribution < -0.4 is 0 Å². The van der Waals surface area contributed by atoms with E-state index >= 15 is 0 Å². The second-order valence-electron chi connectivity index (χ2n) is 9.20. The zero-order valence-electron chi connectivity index (χ0n) is 18.2. The Morgan fingerprint density at radius 3 is 2.38 bits per heavy atom. The van der Waals surface area contributed by atoms with Gasteiger partial charge in [0.1, 0.15) is 17.7 Å². The number of amides is 1. The molecular weight excluding hydrogens is 406 g/mol. The largest absolute Gasteiger partial charge is 0.480 e. The van der Waals surface area contributed by atoms with Crippen molar-refractivity contribution in [2.24, 2.45) is 0 Å². The number of aromatic amines is 2. The molecule has 0 saturated carbocycles. The molecule has 0 aliphatic carbocycles. The summed E-state index contributed by atoms with van der Waals surface area (Å²) in [7, 11) is 0. The van der Waals surface area contributed by atoms with Crippen LogP contribution in [0, 0.1) is 0 Å². The number of aliphatic carboxylic acids is 1. The fourth-order valence-corrected chi connectivity index (χ4v) is 4.66. The van der Waals surface area contributed by atoms with Crippen LogP contribution in [0.1, 0.15) is 43.6 Å². The van der Waals surface area contributed by atoms with Gasteiger partial charge in [0, 0.05) is 45.7 Å². The van der Waals surface area contributed by atoms with Gasteiger partial charge in [0.05, 0.1) is 0 Å². The van der Waals surface area contributed by atoms with Gasteiger partial charge in [0.15, 0.2) is 0 Å². The molecule has 1 aliphatic heterocycles. The van der Waals surface area contributed by atoms with Crippen LogP contribution in [-0.4, -0.2) is 43.7 Å². The topological polar surface area (TPSA) is 98.4 Å². The summed E-state index contributed by atoms with van der Waals surface area (Å²) in [4.78, 5) is 33.9. The molecule has 4 aromatic rings. The average Bonchev–Trinajstić information content (AvgIpc) is 3.32. The lowest BCUT2D eigenvalue weighted by Crippen LogP contribution is -2.52. The highest BCUT2D eigenvalue weighted by Crippen LogP contribution is 2.43. The summed E-state index contributed by atoms with van der Waals surface area (Å²) < 4.78 is 5.69. The summed E-state index contributed by atoms with van der Waals surface area (Å²) in [6.07, 6.45) is 1.41. The van der Waals surface area contributed by atoms with Crippen molar-refractivity contribution in [2.75, 3.05) is 0 Å². The number of aromatic nitrogens is 2. The van der Waals surface area contributed by atoms with E-state index in [0.717, 1.165) is 38.6 Å². The molecule has 5 rings (SSSR count). The van der Waals surface area contributed by atoms with E-state index in [-0.39, 0.29) is 6.42 Å². The van der Waals surface area contributed by atoms with Crippen LogP contribution in [0.3, 0.4) is 0 Å². The van der Waals surface area contributed by atoms with Crippen molar-refractivity contribution in [1.29, 1.82) is 0 Å². The summed E-state index contributed by atoms with van der Waals surface area (Å²) in [5.74, 6) is -1.06. The number of carbonyl (C=O) groups is 2. The highest BCUT2D eigenvalue weighted by molar-refractivity contribution is 5.91. The van der Waals surface area contributed by atoms with Gasteiger partial charge in [-0.25, -0.2) is 9.59 Å². The SMILES string of the molecule is CC(C)(C)OC(=O)N1[C@@H](c2c[nH]c3ccccc23)c2[nH]c3ccccc3c2C[C@@H]1C(=O)O. The zero-order valence-corrected chi connectivity index (χ0v) is 18.2. The Bertz CT molecular complexity index is 1340. The van der Waals surface area contributed by atoms with Crippen molar-refractivity contribution in [1.82, 2.24) is 14.9 Å². The molecule has 0 unspecified atom stereocenters. The normalized spacial score (nSPS) is 18.7. The summed E-state index contributed by atoms with van der Waals surface area (Å²) in [5, 5.41) is 12.1. The van der Waals surface area contributed by atoms with E-state index in [9.17, 15) is 14.7 Å². The number of fused-ring (bicyclic) bond motifs is 4. The van der Waals surface area contributed by atoms with Crippen LogP contribution in [-0.2, 0) is 16.0 Å². The van der Waals surface area contributed by atoms with Crippen LogP contribution in [0.15, 0.2) is 54.7 Å². The van der Waals surface area contributed by atoms with Crippen molar-refractivity contribution < 1.29 is 19.4 Å². The maximum absolute atomic E-state index is 13.4. The Kier molecular flexibility index (Phi) is 4.51. The minimum Gasteiger partial charge on any atom is -0.480 e. The number of hydrogen-bond donors (Lipinski definition) is 3. The van der Waals surface area contributed by atoms with E-state index in [1.165, 1.54) is 4.90 Å². The Balaban J connectivity index is 1.78. The average molecular weight is 431 g/mol. The number of carbonyl (C=O) groups excluding carboxylic acids is 1. The van der Waals surface area contributed by atoms with Crippen molar-refractivity contribution in [3.8, 4) is 0 Å². The molecule has 2 aromatic carbocycles. The maximum atomic E-state index is 13.4. The Labute approximate surface area is 185 Å². The van der Waals surface area contributed by atoms with Gasteiger partial charge in [0.25, 0.3) is 0 Å². The molecule has 164 valence electrons. The van der Waals surface area contributed by atoms with Crippen molar-refractivity contribution in [2.45, 2.75) is 44.9 Å². The molecule has 7 nitrogen and oxygen atoms in total. The Morgan fingerprint density at radius 2 is 1.69 bits per heavy atom. The number of ether oxygens (including phenoxy) is 1. The molecule has 1 aliphatic rings. The number of nitrogens with zero attached hydrogens (tertiary/aromatic N) is 1. The first-order chi connectivity index (χ1) is 15.2. The highest BCUT2D eigenvalue weighted by Gasteiger charge is 2.46. The van der Waals surface area contributed by atoms with Crippen LogP contribution in [0.25, 0.3) is 21.8 Å². The molecule has 0 saturated heterocycles. The molecule has 3 N–H and O–H groups in total. The number of para-hydroxylation sites is 2. The Hall–Kier alpha value is -3.74. The molecule has 0 spiro atoms. The maximum Gasteiger partial charge on any atom is 0.411 e. The predicted molar refractivity (Wildman–Crippen MR) is 122 cm³/mol. The van der Waals surface area contributed by atoms with Gasteiger partial charge in [0.2, 0.25) is 0 Å². The predicted octanol–water partition coefficient (Wildman–Crippen LogP) is 4.99. The van der Waals surface area contributed by atoms with Crippen molar-refractivity contribution in [3.05, 3.63) is 71.5 Å². The smallest absolute Gasteiger partial charge is 0.411 e. The fraction of sp³-hybridized carbons (Fsp3) is 0.280. The zero-order chi connectivity index (χ0) is 22.6. The van der Waals surface area contributed by atoms with Crippen molar-refractivity contribution in [3.63, 3.8) is 0 Å². The second kappa shape index (κ2) is 7.15. The van der Waals surface area contributed by atoms with Crippen molar-refractivity contribution >= 4 is 33.9 Å². The van der Waals surface area contributed by atoms with Gasteiger partial charge in [-0.15, -0.1) is 0 Å². The Morgan fingerprint density at radius 1 is 1.03 bits per heavy atom. The molecule has 3 heterocycles. The first-order valence-electron chi connectivity index (χ1n) is 10.6. The van der Waals surface area contributed by atoms with E-state index in [1.54, 1.807) is 20.8 Å². The summed E-state index contributed by atoms with van der Waals surface area (Å²) in [6, 6.07) is 13.9. The van der Waals surface area contributed by atoms with E-state index in [2.05, 4.69) is 9.97 Å². The highest BCUT2D eigenvalue weighted by atomic mass is 16.6. The molecular formula is C25H25N3O4. The lowest BCUT2D eigenvalue weighted by Gasteiger charge is -2.40. The number of rotatable bonds is 2. The minimum absolute atomic E-state index is 0.201. The summed E-state index contributed by atoms with van der Waals surface area (Å²) in [6.45, 7) is 5.33. The lowest BCUT2D eigenvalue weighted by molar-refractivity contribution is -0.144. The number of nitrogens with one attached hydrogen (secondary N) is 2. The number of carboxylic acid groups (broad SMARTS) is 1. The molecule has 2 atom stereocenters. The van der Waals surface area contributed by atoms with E-state index in [4.69, 9.17) is 4.74 Å². The molecule has 2 aromatic heterocycles. The third-order valence-corrected chi connectivity index (χ3v) is 5.94. The van der Waals surface area contributed by atoms with E-state index in [0.29, 0.717) is 0 Å². The number of carboxylic acids is 1. The summed E-state index contributed by atoms with van der Waals surface area (Å²) in [5.41, 5.74) is 3.64. The van der Waals surface area contributed by atoms with Gasteiger partial charge in [-0.2, -0.15) is 0 Å². The molecule has 0 fully saturated rings. The minimum atomic E-state index is -1.06. The van der Waals surface area contributed by atoms with Crippen LogP contribution in [0.4, 0.5) is 4.79 Å². The molecule has 7 heteroatoms. The second-order valence-corrected chi connectivity index (χ2v) is 9.20. The van der Waals surface area contributed by atoms with Gasteiger partial charge >= 0.3 is 12.1 Å². The van der Waals surface area contributed by atoms with E-state index in [1.807, 2.05) is 54.7 Å². The van der Waals surface area contributed by atoms with Gasteiger partial charge in [-0.3, -0.25) is 4.90 Å². The number of H-pyrrole nitrogens is 2. The van der Waals surface area contributed by atoms with Gasteiger partial charge in [-0.1, -0.05) is 36.4 Å². The molecule has 0 bridgehead atoms. The van der Waals surface area contributed by atoms with Gasteiger partial charge < -0.3 is 19.8 Å². The molecule has 32 heavy (non-hydrogen) atoms.